The number of benzene rings is 2. The summed E-state index contributed by atoms with van der Waals surface area (Å²) in [5.74, 6) is 0.993. The number of nitrogens with one attached hydrogen (secondary N) is 1. The van der Waals surface area contributed by atoms with Gasteiger partial charge in [-0.2, -0.15) is 6.42 Å². The van der Waals surface area contributed by atoms with Gasteiger partial charge in [-0.05, 0) is 46.8 Å². The van der Waals surface area contributed by atoms with Gasteiger partial charge in [0.05, 0.1) is 25.1 Å². The first-order chi connectivity index (χ1) is 15.2. The number of aliphatic imine (C=N–C) groups is 1. The van der Waals surface area contributed by atoms with E-state index in [1.165, 1.54) is 12.0 Å². The zero-order valence-electron chi connectivity index (χ0n) is 19.4. The van der Waals surface area contributed by atoms with Crippen molar-refractivity contribution in [1.29, 1.82) is 0 Å². The predicted octanol–water partition coefficient (Wildman–Crippen LogP) is 8.63. The Hall–Kier alpha value is -0.298. The van der Waals surface area contributed by atoms with Gasteiger partial charge in [0.25, 0.3) is 0 Å². The minimum atomic E-state index is -1.62. The molecule has 3 rings (SSSR count). The Morgan fingerprint density at radius 1 is 1.00 bits per heavy atom. The van der Waals surface area contributed by atoms with E-state index in [0.29, 0.717) is 11.3 Å². The van der Waals surface area contributed by atoms with Crippen molar-refractivity contribution in [2.45, 2.75) is 58.8 Å². The van der Waals surface area contributed by atoms with E-state index in [1.54, 1.807) is 0 Å². The molecule has 0 radical (unpaired) electrons. The fraction of sp³-hybridized carbons (Fsp3) is 0.417. The molecule has 32 heavy (non-hydrogen) atoms. The second-order valence-corrected chi connectivity index (χ2v) is 17.7. The molecule has 0 atom stereocenters. The summed E-state index contributed by atoms with van der Waals surface area (Å²) >= 11 is -1.62. The first-order valence-corrected chi connectivity index (χ1v) is 17.6. The van der Waals surface area contributed by atoms with Gasteiger partial charge < -0.3 is 4.74 Å². The predicted molar refractivity (Wildman–Crippen MR) is 143 cm³/mol. The number of ether oxygens (including phenoxy) is 1. The maximum absolute atomic E-state index is 4.93. The summed E-state index contributed by atoms with van der Waals surface area (Å²) < 4.78 is 4.82. The number of hydrogen-bond acceptors (Lipinski definition) is 2. The molecule has 1 saturated heterocycles. The third kappa shape index (κ3) is 13.4. The molecule has 8 heteroatoms. The Kier molecular flexibility index (Phi) is 16.0. The Balaban J connectivity index is 0.000000473. The molecular weight excluding hydrogens is 522 g/mol. The molecule has 0 spiro atoms. The third-order valence-electron chi connectivity index (χ3n) is 4.53. The van der Waals surface area contributed by atoms with Gasteiger partial charge in [0, 0.05) is 12.2 Å². The average molecular weight is 557 g/mol. The van der Waals surface area contributed by atoms with Crippen LogP contribution in [0.1, 0.15) is 51.7 Å². The topological polar surface area (TPSA) is 33.6 Å². The van der Waals surface area contributed by atoms with Crippen LogP contribution < -0.4 is 5.09 Å². The molecule has 0 bridgehead atoms. The van der Waals surface area contributed by atoms with Crippen LogP contribution in [0, 0.1) is 13.5 Å². The van der Waals surface area contributed by atoms with Crippen LogP contribution in [-0.2, 0) is 16.1 Å². The van der Waals surface area contributed by atoms with Crippen molar-refractivity contribution < 1.29 is 16.1 Å². The number of aryl methyl sites for hydroxylation is 1. The van der Waals surface area contributed by atoms with Gasteiger partial charge in [-0.15, -0.1) is 0 Å². The summed E-state index contributed by atoms with van der Waals surface area (Å²) in [6.07, 6.45) is 2.38. The van der Waals surface area contributed by atoms with Crippen molar-refractivity contribution in [2.24, 2.45) is 4.99 Å². The van der Waals surface area contributed by atoms with Crippen molar-refractivity contribution in [2.75, 3.05) is 6.61 Å². The van der Waals surface area contributed by atoms with E-state index in [4.69, 9.17) is 39.9 Å². The van der Waals surface area contributed by atoms with Gasteiger partial charge in [-0.1, -0.05) is 54.4 Å². The number of hydrogen-bond donors (Lipinski definition) is 1. The summed E-state index contributed by atoms with van der Waals surface area (Å²) in [4.78, 5) is 4.89. The molecule has 1 aliphatic heterocycles. The Morgan fingerprint density at radius 2 is 1.56 bits per heavy atom. The molecule has 1 N–H and O–H groups in total. The number of rotatable bonds is 5. The molecule has 0 saturated carbocycles. The average Bonchev–Trinajstić information content (AvgIpc) is 3.32. The fourth-order valence-corrected chi connectivity index (χ4v) is 5.40. The van der Waals surface area contributed by atoms with E-state index in [2.05, 4.69) is 64.0 Å². The maximum atomic E-state index is 4.93. The van der Waals surface area contributed by atoms with E-state index < -0.39 is 19.5 Å². The summed E-state index contributed by atoms with van der Waals surface area (Å²) in [6, 6.07) is 18.8. The van der Waals surface area contributed by atoms with Crippen LogP contribution in [0.25, 0.3) is 0 Å². The zero-order chi connectivity index (χ0) is 23.9. The van der Waals surface area contributed by atoms with E-state index in [-0.39, 0.29) is 0 Å². The molecule has 2 aromatic rings. The van der Waals surface area contributed by atoms with Crippen LogP contribution in [0.2, 0.25) is 0 Å². The SMILES string of the molecule is Cc1ccc(C(=Nc2ccccc2)N[PH+](C(C)C)C(C)C)cc1.[CH-]1CCCO1.[Cl][Cr+]([Cl])[Cl]. The number of halogens is 3. The van der Waals surface area contributed by atoms with Crippen LogP contribution in [0.5, 0.6) is 0 Å². The quantitative estimate of drug-likeness (QED) is 0.173. The van der Waals surface area contributed by atoms with Crippen molar-refractivity contribution in [3.8, 4) is 0 Å². The second-order valence-electron chi connectivity index (χ2n) is 7.91. The monoisotopic (exact) mass is 555 g/mol. The van der Waals surface area contributed by atoms with Crippen molar-refractivity contribution >= 4 is 49.7 Å². The second kappa shape index (κ2) is 17.2. The van der Waals surface area contributed by atoms with Gasteiger partial charge >= 0.3 is 41.5 Å². The molecule has 1 fully saturated rings. The van der Waals surface area contributed by atoms with Gasteiger partial charge in [-0.3, -0.25) is 0 Å². The Labute approximate surface area is 212 Å². The van der Waals surface area contributed by atoms with E-state index >= 15 is 0 Å². The normalized spacial score (nSPS) is 13.7. The van der Waals surface area contributed by atoms with Crippen LogP contribution in [-0.4, -0.2) is 23.8 Å². The summed E-state index contributed by atoms with van der Waals surface area (Å²) in [5, 5.41) is 3.79. The molecular formula is C24H35Cl3CrN2OP+. The molecule has 1 aliphatic rings. The molecule has 0 aromatic heterocycles. The standard InChI is InChI=1S/C20H27N2P.C4H7O.3ClH.Cr/c1-15(2)23(16(3)4)22-20(18-13-11-17(5)12-14-18)21-19-9-7-6-8-10-19;1-2-4-5-3-1;;;;/h6-16H,1-5H3,(H,21,22);3H,1-2,4H2;3*1H;/q;-1;;;;+4/p-2. The van der Waals surface area contributed by atoms with Crippen LogP contribution in [0.4, 0.5) is 5.69 Å². The molecule has 1 heterocycles. The van der Waals surface area contributed by atoms with Gasteiger partial charge in [-0.25, -0.2) is 16.7 Å². The number of para-hydroxylation sites is 1. The molecule has 0 amide bonds. The van der Waals surface area contributed by atoms with Crippen LogP contribution >= 0.6 is 38.2 Å². The fourth-order valence-electron chi connectivity index (χ4n) is 3.02. The molecule has 2 aromatic carbocycles. The first-order valence-electron chi connectivity index (χ1n) is 10.7. The molecule has 0 aliphatic carbocycles. The van der Waals surface area contributed by atoms with Gasteiger partial charge in [0.1, 0.15) is 0 Å². The van der Waals surface area contributed by atoms with Crippen molar-refractivity contribution in [3.05, 3.63) is 72.3 Å². The van der Waals surface area contributed by atoms with Crippen LogP contribution in [0.3, 0.4) is 0 Å². The number of amidine groups is 1. The van der Waals surface area contributed by atoms with Crippen molar-refractivity contribution in [3.63, 3.8) is 0 Å². The van der Waals surface area contributed by atoms with Gasteiger partial charge in [0.15, 0.2) is 5.84 Å². The van der Waals surface area contributed by atoms with Gasteiger partial charge in [0.2, 0.25) is 0 Å². The number of nitrogens with zero attached hydrogens (tertiary/aromatic N) is 1. The molecule has 3 nitrogen and oxygen atoms in total. The summed E-state index contributed by atoms with van der Waals surface area (Å²) in [7, 11) is 14.1. The molecule has 178 valence electrons. The summed E-state index contributed by atoms with van der Waals surface area (Å²) in [6.45, 7) is 14.1. The Bertz CT molecular complexity index is 752. The first kappa shape index (κ1) is 29.7. The van der Waals surface area contributed by atoms with Crippen LogP contribution in [0.15, 0.2) is 59.6 Å². The zero-order valence-corrected chi connectivity index (χ0v) is 24.0. The summed E-state index contributed by atoms with van der Waals surface area (Å²) in [5.41, 5.74) is 4.71. The van der Waals surface area contributed by atoms with Crippen molar-refractivity contribution in [1.82, 2.24) is 5.09 Å². The van der Waals surface area contributed by atoms with E-state index in [9.17, 15) is 0 Å². The molecule has 0 unspecified atom stereocenters. The minimum absolute atomic E-state index is 0.645. The van der Waals surface area contributed by atoms with E-state index in [0.717, 1.165) is 30.1 Å². The third-order valence-corrected chi connectivity index (χ3v) is 7.54. The Morgan fingerprint density at radius 3 is 1.97 bits per heavy atom. The van der Waals surface area contributed by atoms with E-state index in [1.807, 2.05) is 36.9 Å².